The number of rotatable bonds is 8. The van der Waals surface area contributed by atoms with Gasteiger partial charge in [0.05, 0.1) is 0 Å². The maximum atomic E-state index is 11.8. The second-order valence-corrected chi connectivity index (χ2v) is 8.44. The van der Waals surface area contributed by atoms with Crippen LogP contribution in [0.2, 0.25) is 0 Å². The minimum absolute atomic E-state index is 0. The van der Waals surface area contributed by atoms with Gasteiger partial charge in [-0.25, -0.2) is 0 Å². The normalized spacial score (nSPS) is 16.7. The van der Waals surface area contributed by atoms with Gasteiger partial charge in [0.25, 0.3) is 5.91 Å². The zero-order chi connectivity index (χ0) is 21.2. The Balaban J connectivity index is 0.00000450. The number of carbonyl (C=O) groups excluding carboxylic acids is 1. The monoisotopic (exact) mass is 529 g/mol. The molecule has 6 nitrogen and oxygen atoms in total. The minimum Gasteiger partial charge on any atom is -0.356 e. The van der Waals surface area contributed by atoms with Crippen LogP contribution in [0.5, 0.6) is 0 Å². The predicted molar refractivity (Wildman–Crippen MR) is 137 cm³/mol. The molecule has 0 aliphatic carbocycles. The molecule has 0 saturated carbocycles. The van der Waals surface area contributed by atoms with Gasteiger partial charge in [-0.2, -0.15) is 0 Å². The van der Waals surface area contributed by atoms with Crippen LogP contribution in [0.15, 0.2) is 29.3 Å². The third-order valence-corrected chi connectivity index (χ3v) is 5.88. The SMILES string of the molecule is CN=C(NCCc1cccc(C(=O)NC)c1)NCC(C(C)C)N1CCC(C)CC1.I. The number of piperidine rings is 1. The van der Waals surface area contributed by atoms with Crippen molar-refractivity contribution in [2.75, 3.05) is 40.3 Å². The summed E-state index contributed by atoms with van der Waals surface area (Å²) in [7, 11) is 3.47. The van der Waals surface area contributed by atoms with Crippen molar-refractivity contribution in [3.05, 3.63) is 35.4 Å². The van der Waals surface area contributed by atoms with Gasteiger partial charge in [0, 0.05) is 38.8 Å². The Morgan fingerprint density at radius 1 is 1.23 bits per heavy atom. The first-order valence-corrected chi connectivity index (χ1v) is 10.9. The Bertz CT molecular complexity index is 671. The van der Waals surface area contributed by atoms with Gasteiger partial charge in [-0.1, -0.05) is 32.9 Å². The van der Waals surface area contributed by atoms with Crippen LogP contribution in [0.25, 0.3) is 0 Å². The van der Waals surface area contributed by atoms with Crippen LogP contribution >= 0.6 is 24.0 Å². The van der Waals surface area contributed by atoms with E-state index in [1.54, 1.807) is 7.05 Å². The molecule has 0 aromatic heterocycles. The molecule has 1 aliphatic rings. The molecule has 1 aromatic rings. The second kappa shape index (κ2) is 13.9. The molecule has 1 unspecified atom stereocenters. The van der Waals surface area contributed by atoms with Crippen LogP contribution in [0, 0.1) is 11.8 Å². The smallest absolute Gasteiger partial charge is 0.251 e. The van der Waals surface area contributed by atoms with Gasteiger partial charge in [-0.15, -0.1) is 24.0 Å². The summed E-state index contributed by atoms with van der Waals surface area (Å²) in [4.78, 5) is 18.8. The van der Waals surface area contributed by atoms with Crippen LogP contribution < -0.4 is 16.0 Å². The van der Waals surface area contributed by atoms with E-state index >= 15 is 0 Å². The summed E-state index contributed by atoms with van der Waals surface area (Å²) in [6.07, 6.45) is 3.43. The quantitative estimate of drug-likeness (QED) is 0.275. The highest BCUT2D eigenvalue weighted by Gasteiger charge is 2.25. The lowest BCUT2D eigenvalue weighted by Gasteiger charge is -2.39. The number of nitrogens with zero attached hydrogens (tertiary/aromatic N) is 2. The molecule has 1 atom stereocenters. The number of nitrogens with one attached hydrogen (secondary N) is 3. The van der Waals surface area contributed by atoms with Gasteiger partial charge in [-0.3, -0.25) is 14.7 Å². The van der Waals surface area contributed by atoms with Crippen LogP contribution in [0.4, 0.5) is 0 Å². The van der Waals surface area contributed by atoms with Gasteiger partial charge in [-0.05, 0) is 61.9 Å². The number of hydrogen-bond acceptors (Lipinski definition) is 3. The lowest BCUT2D eigenvalue weighted by atomic mass is 9.94. The molecule has 1 fully saturated rings. The zero-order valence-electron chi connectivity index (χ0n) is 19.2. The van der Waals surface area contributed by atoms with E-state index in [0.717, 1.165) is 37.0 Å². The predicted octanol–water partition coefficient (Wildman–Crippen LogP) is 3.13. The number of amides is 1. The van der Waals surface area contributed by atoms with E-state index in [9.17, 15) is 4.79 Å². The maximum Gasteiger partial charge on any atom is 0.251 e. The molecule has 1 amide bonds. The highest BCUT2D eigenvalue weighted by Crippen LogP contribution is 2.21. The molecule has 170 valence electrons. The van der Waals surface area contributed by atoms with Gasteiger partial charge in [0.1, 0.15) is 0 Å². The molecule has 2 rings (SSSR count). The van der Waals surface area contributed by atoms with E-state index in [1.165, 1.54) is 25.9 Å². The van der Waals surface area contributed by atoms with E-state index in [-0.39, 0.29) is 29.9 Å². The summed E-state index contributed by atoms with van der Waals surface area (Å²) in [6.45, 7) is 11.0. The molecule has 0 spiro atoms. The van der Waals surface area contributed by atoms with Crippen LogP contribution in [-0.4, -0.2) is 63.1 Å². The number of guanidine groups is 1. The number of halogens is 1. The van der Waals surface area contributed by atoms with E-state index in [2.05, 4.69) is 52.7 Å². The molecule has 0 radical (unpaired) electrons. The summed E-state index contributed by atoms with van der Waals surface area (Å²) in [5.74, 6) is 2.23. The average Bonchev–Trinajstić information content (AvgIpc) is 2.73. The third kappa shape index (κ3) is 8.41. The second-order valence-electron chi connectivity index (χ2n) is 8.44. The number of benzene rings is 1. The Morgan fingerprint density at radius 2 is 1.93 bits per heavy atom. The Labute approximate surface area is 199 Å². The fraction of sp³-hybridized carbons (Fsp3) is 0.652. The first-order valence-electron chi connectivity index (χ1n) is 10.9. The largest absolute Gasteiger partial charge is 0.356 e. The number of aliphatic imine (C=N–C) groups is 1. The lowest BCUT2D eigenvalue weighted by Crippen LogP contribution is -2.51. The van der Waals surface area contributed by atoms with Gasteiger partial charge >= 0.3 is 0 Å². The standard InChI is InChI=1S/C23H39N5O.HI/c1-17(2)21(28-13-10-18(3)11-14-28)16-27-23(25-5)26-12-9-19-7-6-8-20(15-19)22(29)24-4;/h6-8,15,17-18,21H,9-14,16H2,1-5H3,(H,24,29)(H2,25,26,27);1H. The fourth-order valence-electron chi connectivity index (χ4n) is 3.91. The summed E-state index contributed by atoms with van der Waals surface area (Å²) in [5.41, 5.74) is 1.83. The fourth-order valence-corrected chi connectivity index (χ4v) is 3.91. The van der Waals surface area contributed by atoms with Crippen molar-refractivity contribution in [3.8, 4) is 0 Å². The molecule has 30 heavy (non-hydrogen) atoms. The van der Waals surface area contributed by atoms with Gasteiger partial charge in [0.15, 0.2) is 5.96 Å². The van der Waals surface area contributed by atoms with Crippen molar-refractivity contribution in [2.24, 2.45) is 16.8 Å². The highest BCUT2D eigenvalue weighted by atomic mass is 127. The van der Waals surface area contributed by atoms with Crippen molar-refractivity contribution < 1.29 is 4.79 Å². The Kier molecular flexibility index (Phi) is 12.3. The average molecular weight is 530 g/mol. The molecule has 0 bridgehead atoms. The molecule has 1 saturated heterocycles. The molecule has 3 N–H and O–H groups in total. The zero-order valence-corrected chi connectivity index (χ0v) is 21.5. The van der Waals surface area contributed by atoms with Crippen molar-refractivity contribution >= 4 is 35.8 Å². The summed E-state index contributed by atoms with van der Waals surface area (Å²) in [6, 6.07) is 8.29. The topological polar surface area (TPSA) is 68.8 Å². The molecule has 1 heterocycles. The van der Waals surface area contributed by atoms with Crippen molar-refractivity contribution in [3.63, 3.8) is 0 Å². The van der Waals surface area contributed by atoms with Crippen LogP contribution in [0.3, 0.4) is 0 Å². The minimum atomic E-state index is -0.0517. The third-order valence-electron chi connectivity index (χ3n) is 5.88. The van der Waals surface area contributed by atoms with Gasteiger partial charge < -0.3 is 16.0 Å². The highest BCUT2D eigenvalue weighted by molar-refractivity contribution is 14.0. The summed E-state index contributed by atoms with van der Waals surface area (Å²) in [5, 5.41) is 9.59. The van der Waals surface area contributed by atoms with E-state index in [1.807, 2.05) is 25.2 Å². The number of hydrogen-bond donors (Lipinski definition) is 3. The van der Waals surface area contributed by atoms with E-state index in [4.69, 9.17) is 0 Å². The summed E-state index contributed by atoms with van der Waals surface area (Å²) >= 11 is 0. The Hall–Kier alpha value is -1.35. The van der Waals surface area contributed by atoms with Crippen LogP contribution in [0.1, 0.15) is 49.5 Å². The van der Waals surface area contributed by atoms with Crippen molar-refractivity contribution in [1.29, 1.82) is 0 Å². The first kappa shape index (κ1) is 26.7. The maximum absolute atomic E-state index is 11.8. The van der Waals surface area contributed by atoms with Gasteiger partial charge in [0.2, 0.25) is 0 Å². The summed E-state index contributed by atoms with van der Waals surface area (Å²) < 4.78 is 0. The molecule has 1 aromatic carbocycles. The molecular formula is C23H40IN5O. The van der Waals surface area contributed by atoms with E-state index in [0.29, 0.717) is 17.5 Å². The number of carbonyl (C=O) groups is 1. The molecule has 1 aliphatic heterocycles. The Morgan fingerprint density at radius 3 is 2.53 bits per heavy atom. The van der Waals surface area contributed by atoms with E-state index < -0.39 is 0 Å². The first-order chi connectivity index (χ1) is 13.9. The number of likely N-dealkylation sites (tertiary alicyclic amines) is 1. The molecule has 7 heteroatoms. The van der Waals surface area contributed by atoms with Crippen LogP contribution in [-0.2, 0) is 6.42 Å². The molecular weight excluding hydrogens is 489 g/mol. The van der Waals surface area contributed by atoms with Crippen molar-refractivity contribution in [1.82, 2.24) is 20.9 Å². The lowest BCUT2D eigenvalue weighted by molar-refractivity contribution is 0.0963. The van der Waals surface area contributed by atoms with Crippen molar-refractivity contribution in [2.45, 2.75) is 46.1 Å².